The Balaban J connectivity index is 1.54. The van der Waals surface area contributed by atoms with Crippen LogP contribution >= 0.6 is 11.8 Å². The monoisotopic (exact) mass is 402 g/mol. The smallest absolute Gasteiger partial charge is 0.236 e. The molecule has 0 fully saturated rings. The van der Waals surface area contributed by atoms with Crippen LogP contribution in [0.25, 0.3) is 5.65 Å². The third-order valence-corrected chi connectivity index (χ3v) is 5.70. The van der Waals surface area contributed by atoms with E-state index in [1.165, 1.54) is 11.8 Å². The average Bonchev–Trinajstić information content (AvgIpc) is 3.17. The Morgan fingerprint density at radius 3 is 2.10 bits per heavy atom. The van der Waals surface area contributed by atoms with E-state index in [1.54, 1.807) is 0 Å². The fourth-order valence-electron chi connectivity index (χ4n) is 3.18. The van der Waals surface area contributed by atoms with Crippen LogP contribution in [0.2, 0.25) is 0 Å². The van der Waals surface area contributed by atoms with Gasteiger partial charge in [0, 0.05) is 19.3 Å². The number of thioether (sulfide) groups is 1. The van der Waals surface area contributed by atoms with E-state index >= 15 is 0 Å². The van der Waals surface area contributed by atoms with Gasteiger partial charge in [0.1, 0.15) is 0 Å². The molecule has 29 heavy (non-hydrogen) atoms. The first-order valence-corrected chi connectivity index (χ1v) is 10.4. The van der Waals surface area contributed by atoms with Gasteiger partial charge in [-0.05, 0) is 30.2 Å². The van der Waals surface area contributed by atoms with Gasteiger partial charge in [0.25, 0.3) is 0 Å². The minimum atomic E-state index is -0.282. The first kappa shape index (κ1) is 19.2. The molecule has 2 heterocycles. The van der Waals surface area contributed by atoms with E-state index in [-0.39, 0.29) is 11.2 Å². The highest BCUT2D eigenvalue weighted by Gasteiger charge is 2.24. The van der Waals surface area contributed by atoms with Crippen molar-refractivity contribution in [3.05, 3.63) is 96.2 Å². The van der Waals surface area contributed by atoms with Gasteiger partial charge in [-0.3, -0.25) is 9.20 Å². The Hall–Kier alpha value is -3.12. The number of rotatable bonds is 7. The van der Waals surface area contributed by atoms with Crippen molar-refractivity contribution in [2.24, 2.45) is 0 Å². The number of pyridine rings is 1. The van der Waals surface area contributed by atoms with Crippen LogP contribution in [0.3, 0.4) is 0 Å². The summed E-state index contributed by atoms with van der Waals surface area (Å²) in [5.74, 6) is 0.0791. The number of carbonyl (C=O) groups excluding carboxylic acids is 1. The predicted molar refractivity (Wildman–Crippen MR) is 115 cm³/mol. The minimum Gasteiger partial charge on any atom is -0.333 e. The van der Waals surface area contributed by atoms with Crippen LogP contribution in [0.1, 0.15) is 18.1 Å². The number of aromatic nitrogens is 3. The molecule has 5 nitrogen and oxygen atoms in total. The fourth-order valence-corrected chi connectivity index (χ4v) is 4.11. The van der Waals surface area contributed by atoms with Crippen molar-refractivity contribution in [2.45, 2.75) is 30.4 Å². The summed E-state index contributed by atoms with van der Waals surface area (Å²) in [7, 11) is 0. The second-order valence-electron chi connectivity index (χ2n) is 6.84. The molecule has 0 unspecified atom stereocenters. The zero-order valence-electron chi connectivity index (χ0n) is 16.2. The summed E-state index contributed by atoms with van der Waals surface area (Å²) in [5.41, 5.74) is 3.00. The van der Waals surface area contributed by atoms with Gasteiger partial charge >= 0.3 is 0 Å². The predicted octanol–water partition coefficient (Wildman–Crippen LogP) is 4.44. The molecule has 0 N–H and O–H groups in total. The molecular formula is C23H22N4OS. The molecular weight excluding hydrogens is 380 g/mol. The van der Waals surface area contributed by atoms with Gasteiger partial charge in [-0.25, -0.2) is 0 Å². The highest BCUT2D eigenvalue weighted by molar-refractivity contribution is 8.00. The largest absolute Gasteiger partial charge is 0.333 e. The van der Waals surface area contributed by atoms with Gasteiger partial charge < -0.3 is 4.90 Å². The molecule has 2 aromatic carbocycles. The van der Waals surface area contributed by atoms with E-state index in [1.807, 2.05) is 77.0 Å². The van der Waals surface area contributed by atoms with Crippen LogP contribution in [-0.4, -0.2) is 30.7 Å². The quantitative estimate of drug-likeness (QED) is 0.429. The molecule has 0 spiro atoms. The Bertz CT molecular complexity index is 1040. The normalized spacial score (nSPS) is 12.0. The third-order valence-electron chi connectivity index (χ3n) is 4.66. The molecule has 0 saturated heterocycles. The number of fused-ring (bicyclic) bond motifs is 1. The van der Waals surface area contributed by atoms with Gasteiger partial charge in [0.15, 0.2) is 10.8 Å². The van der Waals surface area contributed by atoms with Crippen molar-refractivity contribution < 1.29 is 4.79 Å². The Kier molecular flexibility index (Phi) is 5.91. The fraction of sp³-hybridized carbons (Fsp3) is 0.174. The lowest BCUT2D eigenvalue weighted by Gasteiger charge is -2.26. The first-order chi connectivity index (χ1) is 14.2. The van der Waals surface area contributed by atoms with Gasteiger partial charge in [0.05, 0.1) is 5.25 Å². The lowest BCUT2D eigenvalue weighted by Crippen LogP contribution is -2.35. The number of benzene rings is 2. The molecule has 0 aliphatic rings. The van der Waals surface area contributed by atoms with Crippen LogP contribution in [0.15, 0.2) is 90.2 Å². The molecule has 0 bridgehead atoms. The SMILES string of the molecule is C[C@H](Sc1nnc2ccccn12)C(=O)N(Cc1ccccc1)Cc1ccccc1. The Morgan fingerprint density at radius 1 is 0.897 bits per heavy atom. The summed E-state index contributed by atoms with van der Waals surface area (Å²) >= 11 is 1.44. The summed E-state index contributed by atoms with van der Waals surface area (Å²) in [5, 5.41) is 8.87. The maximum atomic E-state index is 13.4. The van der Waals surface area contributed by atoms with Gasteiger partial charge in [-0.1, -0.05) is 78.5 Å². The van der Waals surface area contributed by atoms with Crippen molar-refractivity contribution in [1.29, 1.82) is 0 Å². The Morgan fingerprint density at radius 2 is 1.48 bits per heavy atom. The third kappa shape index (κ3) is 4.66. The van der Waals surface area contributed by atoms with Crippen molar-refractivity contribution in [1.82, 2.24) is 19.5 Å². The number of nitrogens with zero attached hydrogens (tertiary/aromatic N) is 4. The number of hydrogen-bond donors (Lipinski definition) is 0. The van der Waals surface area contributed by atoms with Gasteiger partial charge in [-0.2, -0.15) is 0 Å². The minimum absolute atomic E-state index is 0.0791. The van der Waals surface area contributed by atoms with Gasteiger partial charge in [0.2, 0.25) is 5.91 Å². The number of carbonyl (C=O) groups is 1. The highest BCUT2D eigenvalue weighted by atomic mass is 32.2. The molecule has 0 saturated carbocycles. The second-order valence-corrected chi connectivity index (χ2v) is 8.14. The molecule has 1 amide bonds. The molecule has 2 aromatic heterocycles. The second kappa shape index (κ2) is 8.92. The molecule has 0 aliphatic carbocycles. The standard InChI is InChI=1S/C23H22N4OS/c1-18(29-23-25-24-21-14-8-9-15-27(21)23)22(28)26(16-19-10-4-2-5-11-19)17-20-12-6-3-7-13-20/h2-15,18H,16-17H2,1H3/t18-/m0/s1. The molecule has 146 valence electrons. The zero-order valence-corrected chi connectivity index (χ0v) is 17.0. The summed E-state index contributed by atoms with van der Waals surface area (Å²) in [6, 6.07) is 25.9. The van der Waals surface area contributed by atoms with E-state index in [0.717, 1.165) is 21.9 Å². The number of amides is 1. The summed E-state index contributed by atoms with van der Waals surface area (Å²) in [6.07, 6.45) is 1.92. The van der Waals surface area contributed by atoms with E-state index in [2.05, 4.69) is 34.5 Å². The van der Waals surface area contributed by atoms with Gasteiger partial charge in [-0.15, -0.1) is 10.2 Å². The summed E-state index contributed by atoms with van der Waals surface area (Å²) in [6.45, 7) is 3.07. The molecule has 6 heteroatoms. The molecule has 0 radical (unpaired) electrons. The van der Waals surface area contributed by atoms with E-state index < -0.39 is 0 Å². The summed E-state index contributed by atoms with van der Waals surface area (Å²) < 4.78 is 1.91. The van der Waals surface area contributed by atoms with Crippen LogP contribution in [0.4, 0.5) is 0 Å². The van der Waals surface area contributed by atoms with Crippen LogP contribution in [-0.2, 0) is 17.9 Å². The zero-order chi connectivity index (χ0) is 20.1. The number of hydrogen-bond acceptors (Lipinski definition) is 4. The molecule has 4 rings (SSSR count). The maximum Gasteiger partial charge on any atom is 0.236 e. The van der Waals surface area contributed by atoms with Crippen molar-refractivity contribution in [3.8, 4) is 0 Å². The molecule has 0 aliphatic heterocycles. The lowest BCUT2D eigenvalue weighted by molar-refractivity contribution is -0.131. The van der Waals surface area contributed by atoms with Crippen LogP contribution in [0.5, 0.6) is 0 Å². The molecule has 4 aromatic rings. The van der Waals surface area contributed by atoms with E-state index in [4.69, 9.17) is 0 Å². The molecule has 1 atom stereocenters. The van der Waals surface area contributed by atoms with Crippen LogP contribution < -0.4 is 0 Å². The first-order valence-electron chi connectivity index (χ1n) is 9.54. The van der Waals surface area contributed by atoms with Crippen molar-refractivity contribution in [3.63, 3.8) is 0 Å². The highest BCUT2D eigenvalue weighted by Crippen LogP contribution is 2.24. The van der Waals surface area contributed by atoms with E-state index in [9.17, 15) is 4.79 Å². The summed E-state index contributed by atoms with van der Waals surface area (Å²) in [4.78, 5) is 15.3. The average molecular weight is 403 g/mol. The van der Waals surface area contributed by atoms with E-state index in [0.29, 0.717) is 13.1 Å². The maximum absolute atomic E-state index is 13.4. The lowest BCUT2D eigenvalue weighted by atomic mass is 10.1. The van der Waals surface area contributed by atoms with Crippen molar-refractivity contribution in [2.75, 3.05) is 0 Å². The van der Waals surface area contributed by atoms with Crippen LogP contribution in [0, 0.1) is 0 Å². The Labute approximate surface area is 174 Å². The topological polar surface area (TPSA) is 50.5 Å². The van der Waals surface area contributed by atoms with Crippen molar-refractivity contribution >= 4 is 23.3 Å².